The molecule has 0 amide bonds. The van der Waals surface area contributed by atoms with E-state index < -0.39 is 5.60 Å². The smallest absolute Gasteiger partial charge is 0.338 e. The van der Waals surface area contributed by atoms with Crippen molar-refractivity contribution in [3.8, 4) is 0 Å². The van der Waals surface area contributed by atoms with Gasteiger partial charge < -0.3 is 4.74 Å². The Bertz CT molecular complexity index is 467. The van der Waals surface area contributed by atoms with Crippen LogP contribution in [0.2, 0.25) is 0 Å². The van der Waals surface area contributed by atoms with Gasteiger partial charge in [-0.3, -0.25) is 4.79 Å². The van der Waals surface area contributed by atoms with E-state index in [1.165, 1.54) is 0 Å². The van der Waals surface area contributed by atoms with E-state index in [1.807, 2.05) is 27.7 Å². The zero-order chi connectivity index (χ0) is 13.9. The molecule has 0 fully saturated rings. The fourth-order valence-electron chi connectivity index (χ4n) is 1.68. The topological polar surface area (TPSA) is 43.4 Å². The molecule has 98 valence electrons. The summed E-state index contributed by atoms with van der Waals surface area (Å²) in [6.45, 7) is 9.05. The standard InChI is InChI=1S/C15H20O3/c1-6-13(16)11-8-7-9-12(10(11)2)14(17)18-15(3,4)5/h7-9H,6H2,1-5H3. The minimum Gasteiger partial charge on any atom is -0.456 e. The minimum atomic E-state index is -0.533. The number of Topliss-reactive ketones (excluding diaryl/α,β-unsaturated/α-hetero) is 1. The molecule has 0 N–H and O–H groups in total. The van der Waals surface area contributed by atoms with Crippen LogP contribution in [0.1, 0.15) is 60.4 Å². The summed E-state index contributed by atoms with van der Waals surface area (Å²) in [5.74, 6) is -0.344. The maximum Gasteiger partial charge on any atom is 0.338 e. The average Bonchev–Trinajstić information content (AvgIpc) is 2.26. The first kappa shape index (κ1) is 14.4. The Morgan fingerprint density at radius 1 is 1.17 bits per heavy atom. The highest BCUT2D eigenvalue weighted by atomic mass is 16.6. The highest BCUT2D eigenvalue weighted by molar-refractivity contribution is 6.01. The van der Waals surface area contributed by atoms with E-state index in [-0.39, 0.29) is 11.8 Å². The summed E-state index contributed by atoms with van der Waals surface area (Å²) < 4.78 is 5.32. The van der Waals surface area contributed by atoms with Gasteiger partial charge in [0.15, 0.2) is 5.78 Å². The van der Waals surface area contributed by atoms with Gasteiger partial charge in [0.05, 0.1) is 5.56 Å². The first-order valence-electron chi connectivity index (χ1n) is 6.12. The van der Waals surface area contributed by atoms with Gasteiger partial charge in [-0.15, -0.1) is 0 Å². The summed E-state index contributed by atoms with van der Waals surface area (Å²) in [4.78, 5) is 23.8. The number of ketones is 1. The number of benzene rings is 1. The molecule has 0 unspecified atom stereocenters. The third kappa shape index (κ3) is 3.42. The van der Waals surface area contributed by atoms with E-state index in [2.05, 4.69) is 0 Å². The molecule has 0 heterocycles. The summed E-state index contributed by atoms with van der Waals surface area (Å²) in [7, 11) is 0. The molecule has 0 atom stereocenters. The molecule has 0 saturated carbocycles. The lowest BCUT2D eigenvalue weighted by Crippen LogP contribution is -2.24. The number of hydrogen-bond donors (Lipinski definition) is 0. The van der Waals surface area contributed by atoms with Gasteiger partial charge in [0, 0.05) is 12.0 Å². The van der Waals surface area contributed by atoms with Crippen LogP contribution >= 0.6 is 0 Å². The SMILES string of the molecule is CCC(=O)c1cccc(C(=O)OC(C)(C)C)c1C. The predicted octanol–water partition coefficient (Wildman–Crippen LogP) is 3.54. The molecule has 1 rings (SSSR count). The Labute approximate surface area is 108 Å². The molecule has 18 heavy (non-hydrogen) atoms. The van der Waals surface area contributed by atoms with Gasteiger partial charge >= 0.3 is 5.97 Å². The molecular weight excluding hydrogens is 228 g/mol. The Morgan fingerprint density at radius 3 is 2.22 bits per heavy atom. The molecule has 1 aromatic rings. The second-order valence-corrected chi connectivity index (χ2v) is 5.26. The Morgan fingerprint density at radius 2 is 1.72 bits per heavy atom. The number of ether oxygens (including phenoxy) is 1. The summed E-state index contributed by atoms with van der Waals surface area (Å²) in [5, 5.41) is 0. The lowest BCUT2D eigenvalue weighted by Gasteiger charge is -2.20. The molecule has 0 aliphatic heterocycles. The van der Waals surface area contributed by atoms with Crippen molar-refractivity contribution in [2.45, 2.75) is 46.6 Å². The van der Waals surface area contributed by atoms with Crippen LogP contribution < -0.4 is 0 Å². The van der Waals surface area contributed by atoms with E-state index in [4.69, 9.17) is 4.74 Å². The van der Waals surface area contributed by atoms with Gasteiger partial charge in [-0.25, -0.2) is 4.79 Å². The van der Waals surface area contributed by atoms with Gasteiger partial charge in [0.2, 0.25) is 0 Å². The van der Waals surface area contributed by atoms with Crippen LogP contribution in [0.25, 0.3) is 0 Å². The van der Waals surface area contributed by atoms with Gasteiger partial charge in [-0.05, 0) is 39.3 Å². The Kier molecular flexibility index (Phi) is 4.28. The second-order valence-electron chi connectivity index (χ2n) is 5.26. The molecule has 1 aromatic carbocycles. The van der Waals surface area contributed by atoms with Crippen LogP contribution in [0, 0.1) is 6.92 Å². The van der Waals surface area contributed by atoms with Gasteiger partial charge in [0.1, 0.15) is 5.60 Å². The van der Waals surface area contributed by atoms with Crippen molar-refractivity contribution in [1.29, 1.82) is 0 Å². The number of rotatable bonds is 3. The number of carbonyl (C=O) groups excluding carboxylic acids is 2. The lowest BCUT2D eigenvalue weighted by atomic mass is 9.98. The maximum atomic E-state index is 12.0. The first-order valence-corrected chi connectivity index (χ1v) is 6.12. The molecule has 0 bridgehead atoms. The van der Waals surface area contributed by atoms with Crippen molar-refractivity contribution in [3.05, 3.63) is 34.9 Å². The predicted molar refractivity (Wildman–Crippen MR) is 71.0 cm³/mol. The maximum absolute atomic E-state index is 12.0. The second kappa shape index (κ2) is 5.34. The van der Waals surface area contributed by atoms with Gasteiger partial charge in [-0.1, -0.05) is 19.1 Å². The normalized spacial score (nSPS) is 11.2. The quantitative estimate of drug-likeness (QED) is 0.607. The number of hydrogen-bond acceptors (Lipinski definition) is 3. The fraction of sp³-hybridized carbons (Fsp3) is 0.467. The number of carbonyl (C=O) groups is 2. The highest BCUT2D eigenvalue weighted by Crippen LogP contribution is 2.19. The Balaban J connectivity index is 3.11. The van der Waals surface area contributed by atoms with Crippen molar-refractivity contribution >= 4 is 11.8 Å². The molecule has 0 aromatic heterocycles. The van der Waals surface area contributed by atoms with E-state index >= 15 is 0 Å². The van der Waals surface area contributed by atoms with Crippen molar-refractivity contribution < 1.29 is 14.3 Å². The van der Waals surface area contributed by atoms with Gasteiger partial charge in [-0.2, -0.15) is 0 Å². The van der Waals surface area contributed by atoms with E-state index in [9.17, 15) is 9.59 Å². The summed E-state index contributed by atoms with van der Waals surface area (Å²) >= 11 is 0. The monoisotopic (exact) mass is 248 g/mol. The first-order chi connectivity index (χ1) is 8.26. The van der Waals surface area contributed by atoms with Crippen molar-refractivity contribution in [2.24, 2.45) is 0 Å². The van der Waals surface area contributed by atoms with E-state index in [0.29, 0.717) is 23.1 Å². The average molecular weight is 248 g/mol. The molecule has 0 radical (unpaired) electrons. The molecular formula is C15H20O3. The molecule has 0 aliphatic rings. The molecule has 0 aliphatic carbocycles. The molecule has 3 nitrogen and oxygen atoms in total. The minimum absolute atomic E-state index is 0.0397. The van der Waals surface area contributed by atoms with Gasteiger partial charge in [0.25, 0.3) is 0 Å². The summed E-state index contributed by atoms with van der Waals surface area (Å²) in [5.41, 5.74) is 1.22. The van der Waals surface area contributed by atoms with Crippen molar-refractivity contribution in [3.63, 3.8) is 0 Å². The third-order valence-corrected chi connectivity index (χ3v) is 2.57. The number of esters is 1. The summed E-state index contributed by atoms with van der Waals surface area (Å²) in [6, 6.07) is 5.15. The van der Waals surface area contributed by atoms with Crippen molar-refractivity contribution in [2.75, 3.05) is 0 Å². The van der Waals surface area contributed by atoms with Crippen LogP contribution in [0.4, 0.5) is 0 Å². The summed E-state index contributed by atoms with van der Waals surface area (Å²) in [6.07, 6.45) is 0.429. The van der Waals surface area contributed by atoms with Crippen LogP contribution in [0.3, 0.4) is 0 Å². The van der Waals surface area contributed by atoms with Crippen LogP contribution in [0.15, 0.2) is 18.2 Å². The zero-order valence-electron chi connectivity index (χ0n) is 11.7. The van der Waals surface area contributed by atoms with E-state index in [0.717, 1.165) is 0 Å². The molecule has 0 saturated heterocycles. The lowest BCUT2D eigenvalue weighted by molar-refractivity contribution is 0.00687. The zero-order valence-corrected chi connectivity index (χ0v) is 11.7. The largest absolute Gasteiger partial charge is 0.456 e. The fourth-order valence-corrected chi connectivity index (χ4v) is 1.68. The van der Waals surface area contributed by atoms with Crippen LogP contribution in [-0.4, -0.2) is 17.4 Å². The third-order valence-electron chi connectivity index (χ3n) is 2.57. The molecule has 3 heteroatoms. The van der Waals surface area contributed by atoms with Crippen LogP contribution in [-0.2, 0) is 4.74 Å². The van der Waals surface area contributed by atoms with Crippen LogP contribution in [0.5, 0.6) is 0 Å². The van der Waals surface area contributed by atoms with E-state index in [1.54, 1.807) is 25.1 Å². The highest BCUT2D eigenvalue weighted by Gasteiger charge is 2.21. The Hall–Kier alpha value is -1.64. The molecule has 0 spiro atoms. The van der Waals surface area contributed by atoms with Crippen molar-refractivity contribution in [1.82, 2.24) is 0 Å².